The van der Waals surface area contributed by atoms with Crippen LogP contribution in [0.3, 0.4) is 0 Å². The highest BCUT2D eigenvalue weighted by Gasteiger charge is 2.09. The van der Waals surface area contributed by atoms with Gasteiger partial charge in [-0.05, 0) is 6.92 Å². The lowest BCUT2D eigenvalue weighted by atomic mass is 10.2. The Hall–Kier alpha value is -1.16. The summed E-state index contributed by atoms with van der Waals surface area (Å²) in [6.07, 6.45) is 4.08. The molecular weight excluding hydrogens is 200 g/mol. The fourth-order valence-electron chi connectivity index (χ4n) is 1.44. The first kappa shape index (κ1) is 9.40. The molecule has 2 aromatic rings. The number of nitrogens with zero attached hydrogens (tertiary/aromatic N) is 4. The molecule has 5 heteroatoms. The SMILES string of the molecule is CC(Cl)Cc1ncnc2c1cnn2C. The lowest BCUT2D eigenvalue weighted by Crippen LogP contribution is -2.01. The Kier molecular flexibility index (Phi) is 2.37. The number of rotatable bonds is 2. The minimum Gasteiger partial charge on any atom is -0.250 e. The summed E-state index contributed by atoms with van der Waals surface area (Å²) in [5, 5.41) is 5.20. The van der Waals surface area contributed by atoms with E-state index in [-0.39, 0.29) is 5.38 Å². The molecule has 0 aliphatic rings. The van der Waals surface area contributed by atoms with Crippen molar-refractivity contribution < 1.29 is 0 Å². The van der Waals surface area contributed by atoms with Crippen LogP contribution in [0.15, 0.2) is 12.5 Å². The van der Waals surface area contributed by atoms with Gasteiger partial charge in [0.25, 0.3) is 0 Å². The summed E-state index contributed by atoms with van der Waals surface area (Å²) < 4.78 is 1.74. The third-order valence-electron chi connectivity index (χ3n) is 2.09. The van der Waals surface area contributed by atoms with Crippen LogP contribution in [-0.2, 0) is 13.5 Å². The Morgan fingerprint density at radius 1 is 1.50 bits per heavy atom. The quantitative estimate of drug-likeness (QED) is 0.707. The number of fused-ring (bicyclic) bond motifs is 1. The van der Waals surface area contributed by atoms with Gasteiger partial charge in [0.05, 0.1) is 17.3 Å². The highest BCUT2D eigenvalue weighted by molar-refractivity contribution is 6.20. The number of hydrogen-bond acceptors (Lipinski definition) is 3. The van der Waals surface area contributed by atoms with E-state index < -0.39 is 0 Å². The number of hydrogen-bond donors (Lipinski definition) is 0. The lowest BCUT2D eigenvalue weighted by molar-refractivity contribution is 0.784. The average molecular weight is 211 g/mol. The van der Waals surface area contributed by atoms with Crippen molar-refractivity contribution >= 4 is 22.6 Å². The van der Waals surface area contributed by atoms with Crippen LogP contribution in [0.4, 0.5) is 0 Å². The highest BCUT2D eigenvalue weighted by atomic mass is 35.5. The predicted octanol–water partition coefficient (Wildman–Crippen LogP) is 1.53. The molecule has 0 amide bonds. The maximum Gasteiger partial charge on any atom is 0.161 e. The van der Waals surface area contributed by atoms with E-state index in [1.807, 2.05) is 14.0 Å². The van der Waals surface area contributed by atoms with Crippen LogP contribution >= 0.6 is 11.6 Å². The van der Waals surface area contributed by atoms with Crippen LogP contribution in [-0.4, -0.2) is 25.1 Å². The van der Waals surface area contributed by atoms with E-state index in [1.54, 1.807) is 17.2 Å². The van der Waals surface area contributed by atoms with Gasteiger partial charge in [-0.1, -0.05) is 0 Å². The molecule has 2 rings (SSSR count). The van der Waals surface area contributed by atoms with E-state index in [9.17, 15) is 0 Å². The van der Waals surface area contributed by atoms with Gasteiger partial charge >= 0.3 is 0 Å². The van der Waals surface area contributed by atoms with Crippen molar-refractivity contribution in [1.82, 2.24) is 19.7 Å². The Labute approximate surface area is 86.9 Å². The molecule has 2 heterocycles. The zero-order valence-electron chi connectivity index (χ0n) is 8.11. The maximum absolute atomic E-state index is 5.93. The van der Waals surface area contributed by atoms with Crippen molar-refractivity contribution in [3.05, 3.63) is 18.2 Å². The number of halogens is 1. The molecule has 14 heavy (non-hydrogen) atoms. The van der Waals surface area contributed by atoms with Crippen molar-refractivity contribution in [2.45, 2.75) is 18.7 Å². The molecule has 0 spiro atoms. The van der Waals surface area contributed by atoms with Crippen molar-refractivity contribution in [2.75, 3.05) is 0 Å². The van der Waals surface area contributed by atoms with Crippen LogP contribution < -0.4 is 0 Å². The van der Waals surface area contributed by atoms with E-state index in [0.29, 0.717) is 0 Å². The molecule has 4 nitrogen and oxygen atoms in total. The lowest BCUT2D eigenvalue weighted by Gasteiger charge is -2.02. The largest absolute Gasteiger partial charge is 0.250 e. The highest BCUT2D eigenvalue weighted by Crippen LogP contribution is 2.15. The normalized spacial score (nSPS) is 13.4. The molecule has 0 saturated heterocycles. The zero-order chi connectivity index (χ0) is 10.1. The summed E-state index contributed by atoms with van der Waals surface area (Å²) in [5.41, 5.74) is 1.82. The zero-order valence-corrected chi connectivity index (χ0v) is 8.86. The standard InChI is InChI=1S/C9H11ClN4/c1-6(10)3-8-7-4-13-14(2)9(7)12-5-11-8/h4-6H,3H2,1-2H3. The fraction of sp³-hybridized carbons (Fsp3) is 0.444. The van der Waals surface area contributed by atoms with Gasteiger partial charge in [-0.3, -0.25) is 4.68 Å². The van der Waals surface area contributed by atoms with Crippen molar-refractivity contribution in [2.24, 2.45) is 7.05 Å². The van der Waals surface area contributed by atoms with Crippen LogP contribution in [0.2, 0.25) is 0 Å². The number of aromatic nitrogens is 4. The summed E-state index contributed by atoms with van der Waals surface area (Å²) in [7, 11) is 1.86. The predicted molar refractivity (Wildman–Crippen MR) is 55.3 cm³/mol. The molecule has 0 aliphatic carbocycles. The molecule has 0 bridgehead atoms. The Balaban J connectivity index is 2.54. The minimum atomic E-state index is 0.0771. The van der Waals surface area contributed by atoms with Gasteiger partial charge < -0.3 is 0 Å². The topological polar surface area (TPSA) is 43.6 Å². The van der Waals surface area contributed by atoms with E-state index in [4.69, 9.17) is 11.6 Å². The van der Waals surface area contributed by atoms with E-state index >= 15 is 0 Å². The van der Waals surface area contributed by atoms with Crippen LogP contribution in [0.5, 0.6) is 0 Å². The first-order chi connectivity index (χ1) is 6.68. The van der Waals surface area contributed by atoms with Crippen LogP contribution in [0, 0.1) is 0 Å². The van der Waals surface area contributed by atoms with Gasteiger partial charge in [0.15, 0.2) is 5.65 Å². The molecule has 74 valence electrons. The minimum absolute atomic E-state index is 0.0771. The van der Waals surface area contributed by atoms with Gasteiger partial charge in [-0.2, -0.15) is 5.10 Å². The van der Waals surface area contributed by atoms with Gasteiger partial charge in [0.2, 0.25) is 0 Å². The van der Waals surface area contributed by atoms with E-state index in [1.165, 1.54) is 0 Å². The van der Waals surface area contributed by atoms with E-state index in [0.717, 1.165) is 23.1 Å². The third-order valence-corrected chi connectivity index (χ3v) is 2.24. The van der Waals surface area contributed by atoms with Gasteiger partial charge in [-0.15, -0.1) is 11.6 Å². The Morgan fingerprint density at radius 2 is 2.29 bits per heavy atom. The second-order valence-corrected chi connectivity index (χ2v) is 4.06. The Morgan fingerprint density at radius 3 is 3.00 bits per heavy atom. The summed E-state index contributed by atoms with van der Waals surface area (Å²) >= 11 is 5.93. The third kappa shape index (κ3) is 1.57. The Bertz CT molecular complexity index is 449. The number of alkyl halides is 1. The first-order valence-corrected chi connectivity index (χ1v) is 4.88. The molecule has 0 N–H and O–H groups in total. The fourth-order valence-corrected chi connectivity index (χ4v) is 1.59. The van der Waals surface area contributed by atoms with E-state index in [2.05, 4.69) is 15.1 Å². The summed E-state index contributed by atoms with van der Waals surface area (Å²) in [5.74, 6) is 0. The number of aryl methyl sites for hydroxylation is 1. The molecule has 0 fully saturated rings. The average Bonchev–Trinajstić information content (AvgIpc) is 2.49. The molecular formula is C9H11ClN4. The molecule has 1 unspecified atom stereocenters. The van der Waals surface area contributed by atoms with Crippen LogP contribution in [0.1, 0.15) is 12.6 Å². The smallest absolute Gasteiger partial charge is 0.161 e. The second-order valence-electron chi connectivity index (χ2n) is 3.31. The van der Waals surface area contributed by atoms with Gasteiger partial charge in [-0.25, -0.2) is 9.97 Å². The monoisotopic (exact) mass is 210 g/mol. The summed E-state index contributed by atoms with van der Waals surface area (Å²) in [6.45, 7) is 1.95. The molecule has 2 aromatic heterocycles. The van der Waals surface area contributed by atoms with Crippen molar-refractivity contribution in [1.29, 1.82) is 0 Å². The van der Waals surface area contributed by atoms with Crippen molar-refractivity contribution in [3.8, 4) is 0 Å². The molecule has 0 saturated carbocycles. The van der Waals surface area contributed by atoms with Crippen LogP contribution in [0.25, 0.3) is 11.0 Å². The van der Waals surface area contributed by atoms with Crippen molar-refractivity contribution in [3.63, 3.8) is 0 Å². The summed E-state index contributed by atoms with van der Waals surface area (Å²) in [6, 6.07) is 0. The molecule has 1 atom stereocenters. The first-order valence-electron chi connectivity index (χ1n) is 4.44. The summed E-state index contributed by atoms with van der Waals surface area (Å²) in [4.78, 5) is 8.37. The second kappa shape index (κ2) is 3.53. The molecule has 0 aliphatic heterocycles. The maximum atomic E-state index is 5.93. The van der Waals surface area contributed by atoms with Gasteiger partial charge in [0, 0.05) is 18.8 Å². The molecule has 0 radical (unpaired) electrons. The molecule has 0 aromatic carbocycles. The van der Waals surface area contributed by atoms with Gasteiger partial charge in [0.1, 0.15) is 6.33 Å².